The number of rotatable bonds is 8. The third-order valence-electron chi connectivity index (χ3n) is 6.78. The standard InChI is InChI=1S/C26H30N2O5/c1-2-17(14-24(29)28-13-7-12-23(28)25(30)31)15-27-26(32)33-16-22-20-10-5-3-8-18(20)19-9-4-6-11-21(19)22/h3-6,8-11,17,22-23H,2,7,12-16H2,1H3,(H,27,32)(H,30,31)/t17?,23-/m0/s1. The molecule has 1 aliphatic heterocycles. The van der Waals surface area contributed by atoms with Crippen molar-refractivity contribution in [1.82, 2.24) is 10.2 Å². The number of nitrogens with zero attached hydrogens (tertiary/aromatic N) is 1. The van der Waals surface area contributed by atoms with Gasteiger partial charge in [0.1, 0.15) is 12.6 Å². The zero-order chi connectivity index (χ0) is 23.4. The van der Waals surface area contributed by atoms with Crippen LogP contribution < -0.4 is 5.32 Å². The highest BCUT2D eigenvalue weighted by molar-refractivity contribution is 5.84. The molecule has 2 aromatic rings. The zero-order valence-corrected chi connectivity index (χ0v) is 18.8. The molecule has 174 valence electrons. The molecular weight excluding hydrogens is 420 g/mol. The molecule has 1 unspecified atom stereocenters. The van der Waals surface area contributed by atoms with Crippen LogP contribution in [0.15, 0.2) is 48.5 Å². The fourth-order valence-electron chi connectivity index (χ4n) is 4.92. The number of carboxylic acid groups (broad SMARTS) is 1. The van der Waals surface area contributed by atoms with Gasteiger partial charge in [0.25, 0.3) is 0 Å². The van der Waals surface area contributed by atoms with Gasteiger partial charge >= 0.3 is 12.1 Å². The summed E-state index contributed by atoms with van der Waals surface area (Å²) < 4.78 is 5.56. The van der Waals surface area contributed by atoms with Gasteiger partial charge < -0.3 is 20.1 Å². The van der Waals surface area contributed by atoms with Crippen LogP contribution in [0.5, 0.6) is 0 Å². The van der Waals surface area contributed by atoms with E-state index in [9.17, 15) is 19.5 Å². The maximum atomic E-state index is 12.6. The summed E-state index contributed by atoms with van der Waals surface area (Å²) in [6.07, 6.45) is 1.60. The third-order valence-corrected chi connectivity index (χ3v) is 6.78. The Balaban J connectivity index is 1.29. The maximum absolute atomic E-state index is 12.6. The van der Waals surface area contributed by atoms with E-state index in [0.717, 1.165) is 11.1 Å². The molecule has 1 heterocycles. The fourth-order valence-corrected chi connectivity index (χ4v) is 4.92. The summed E-state index contributed by atoms with van der Waals surface area (Å²) >= 11 is 0. The number of carbonyl (C=O) groups is 3. The van der Waals surface area contributed by atoms with E-state index >= 15 is 0 Å². The van der Waals surface area contributed by atoms with E-state index in [4.69, 9.17) is 4.74 Å². The van der Waals surface area contributed by atoms with E-state index in [2.05, 4.69) is 29.6 Å². The smallest absolute Gasteiger partial charge is 0.407 e. The first-order chi connectivity index (χ1) is 16.0. The quantitative estimate of drug-likeness (QED) is 0.633. The van der Waals surface area contributed by atoms with Gasteiger partial charge in [-0.05, 0) is 41.0 Å². The first kappa shape index (κ1) is 22.8. The van der Waals surface area contributed by atoms with Crippen LogP contribution in [0.25, 0.3) is 11.1 Å². The van der Waals surface area contributed by atoms with Crippen LogP contribution >= 0.6 is 0 Å². The molecule has 4 rings (SSSR count). The second-order valence-corrected chi connectivity index (χ2v) is 8.77. The van der Waals surface area contributed by atoms with E-state index in [-0.39, 0.29) is 30.8 Å². The van der Waals surface area contributed by atoms with Gasteiger partial charge in [-0.15, -0.1) is 0 Å². The number of fused-ring (bicyclic) bond motifs is 3. The van der Waals surface area contributed by atoms with Crippen molar-refractivity contribution in [3.63, 3.8) is 0 Å². The topological polar surface area (TPSA) is 95.9 Å². The first-order valence-electron chi connectivity index (χ1n) is 11.6. The van der Waals surface area contributed by atoms with Gasteiger partial charge in [-0.25, -0.2) is 9.59 Å². The number of likely N-dealkylation sites (tertiary alicyclic amines) is 1. The molecule has 0 bridgehead atoms. The Kier molecular flexibility index (Phi) is 6.96. The Morgan fingerprint density at radius 3 is 2.33 bits per heavy atom. The van der Waals surface area contributed by atoms with Crippen LogP contribution in [-0.4, -0.2) is 53.7 Å². The van der Waals surface area contributed by atoms with Gasteiger partial charge in [0.2, 0.25) is 5.91 Å². The second kappa shape index (κ2) is 10.1. The van der Waals surface area contributed by atoms with Crippen molar-refractivity contribution in [2.75, 3.05) is 19.7 Å². The summed E-state index contributed by atoms with van der Waals surface area (Å²) in [4.78, 5) is 37.9. The maximum Gasteiger partial charge on any atom is 0.407 e. The number of benzene rings is 2. The largest absolute Gasteiger partial charge is 0.480 e. The van der Waals surface area contributed by atoms with E-state index in [1.165, 1.54) is 16.0 Å². The molecule has 7 heteroatoms. The van der Waals surface area contributed by atoms with Crippen LogP contribution in [0.1, 0.15) is 49.7 Å². The van der Waals surface area contributed by atoms with Crippen molar-refractivity contribution in [1.29, 1.82) is 0 Å². The van der Waals surface area contributed by atoms with E-state index in [1.807, 2.05) is 31.2 Å². The van der Waals surface area contributed by atoms with Gasteiger partial charge in [-0.1, -0.05) is 61.9 Å². The molecule has 7 nitrogen and oxygen atoms in total. The Morgan fingerprint density at radius 2 is 1.73 bits per heavy atom. The summed E-state index contributed by atoms with van der Waals surface area (Å²) in [7, 11) is 0. The first-order valence-corrected chi connectivity index (χ1v) is 11.6. The number of alkyl carbamates (subject to hydrolysis) is 1. The van der Waals surface area contributed by atoms with Crippen LogP contribution in [0.3, 0.4) is 0 Å². The molecule has 1 aliphatic carbocycles. The van der Waals surface area contributed by atoms with Gasteiger partial charge in [-0.3, -0.25) is 4.79 Å². The number of hydrogen-bond donors (Lipinski definition) is 2. The van der Waals surface area contributed by atoms with Crippen LogP contribution in [0.2, 0.25) is 0 Å². The normalized spacial score (nSPS) is 17.8. The zero-order valence-electron chi connectivity index (χ0n) is 18.8. The van der Waals surface area contributed by atoms with Crippen molar-refractivity contribution >= 4 is 18.0 Å². The lowest BCUT2D eigenvalue weighted by atomic mass is 9.98. The summed E-state index contributed by atoms with van der Waals surface area (Å²) in [6.45, 7) is 2.98. The lowest BCUT2D eigenvalue weighted by Gasteiger charge is -2.24. The molecule has 1 fully saturated rings. The number of hydrogen-bond acceptors (Lipinski definition) is 4. The van der Waals surface area contributed by atoms with Gasteiger partial charge in [0.15, 0.2) is 0 Å². The highest BCUT2D eigenvalue weighted by atomic mass is 16.5. The summed E-state index contributed by atoms with van der Waals surface area (Å²) in [6, 6.07) is 15.6. The minimum atomic E-state index is -0.953. The van der Waals surface area contributed by atoms with Crippen molar-refractivity contribution in [2.45, 2.75) is 44.6 Å². The molecule has 33 heavy (non-hydrogen) atoms. The predicted molar refractivity (Wildman–Crippen MR) is 124 cm³/mol. The molecule has 1 saturated heterocycles. The lowest BCUT2D eigenvalue weighted by Crippen LogP contribution is -2.42. The fraction of sp³-hybridized carbons (Fsp3) is 0.423. The Morgan fingerprint density at radius 1 is 1.09 bits per heavy atom. The summed E-state index contributed by atoms with van der Waals surface area (Å²) in [5.41, 5.74) is 4.66. The highest BCUT2D eigenvalue weighted by Gasteiger charge is 2.34. The number of ether oxygens (including phenoxy) is 1. The highest BCUT2D eigenvalue weighted by Crippen LogP contribution is 2.44. The Hall–Kier alpha value is -3.35. The SMILES string of the molecule is CCC(CNC(=O)OCC1c2ccccc2-c2ccccc21)CC(=O)N1CCC[C@H]1C(=O)O. The van der Waals surface area contributed by atoms with Crippen LogP contribution in [-0.2, 0) is 14.3 Å². The minimum Gasteiger partial charge on any atom is -0.480 e. The second-order valence-electron chi connectivity index (χ2n) is 8.77. The van der Waals surface area contributed by atoms with E-state index < -0.39 is 18.1 Å². The molecule has 0 spiro atoms. The van der Waals surface area contributed by atoms with Crippen molar-refractivity contribution in [3.05, 3.63) is 59.7 Å². The number of nitrogens with one attached hydrogen (secondary N) is 1. The number of amides is 2. The molecule has 0 radical (unpaired) electrons. The van der Waals surface area contributed by atoms with Gasteiger partial charge in [-0.2, -0.15) is 0 Å². The van der Waals surface area contributed by atoms with Crippen molar-refractivity contribution in [2.24, 2.45) is 5.92 Å². The Bertz CT molecular complexity index is 991. The van der Waals surface area contributed by atoms with Crippen molar-refractivity contribution < 1.29 is 24.2 Å². The number of carboxylic acids is 1. The molecule has 2 aromatic carbocycles. The molecule has 2 amide bonds. The number of aliphatic carboxylic acids is 1. The Labute approximate surface area is 193 Å². The van der Waals surface area contributed by atoms with Crippen LogP contribution in [0.4, 0.5) is 4.79 Å². The molecule has 2 N–H and O–H groups in total. The minimum absolute atomic E-state index is 0.00480. The lowest BCUT2D eigenvalue weighted by molar-refractivity contribution is -0.148. The van der Waals surface area contributed by atoms with Gasteiger partial charge in [0, 0.05) is 25.4 Å². The van der Waals surface area contributed by atoms with E-state index in [0.29, 0.717) is 32.4 Å². The average molecular weight is 451 g/mol. The number of carbonyl (C=O) groups excluding carboxylic acids is 2. The summed E-state index contributed by atoms with van der Waals surface area (Å²) in [5.74, 6) is -1.20. The average Bonchev–Trinajstić information content (AvgIpc) is 3.44. The van der Waals surface area contributed by atoms with Crippen molar-refractivity contribution in [3.8, 4) is 11.1 Å². The van der Waals surface area contributed by atoms with Crippen LogP contribution in [0, 0.1) is 5.92 Å². The van der Waals surface area contributed by atoms with Gasteiger partial charge in [0.05, 0.1) is 0 Å². The molecule has 2 aliphatic rings. The molecular formula is C26H30N2O5. The monoisotopic (exact) mass is 450 g/mol. The molecule has 0 saturated carbocycles. The third kappa shape index (κ3) is 4.87. The predicted octanol–water partition coefficient (Wildman–Crippen LogP) is 4.02. The molecule has 2 atom stereocenters. The van der Waals surface area contributed by atoms with E-state index in [1.54, 1.807) is 0 Å². The molecule has 0 aromatic heterocycles. The summed E-state index contributed by atoms with van der Waals surface area (Å²) in [5, 5.41) is 12.1.